The van der Waals surface area contributed by atoms with Gasteiger partial charge < -0.3 is 14.5 Å². The van der Waals surface area contributed by atoms with Gasteiger partial charge in [-0.05, 0) is 38.1 Å². The molecule has 1 N–H and O–H groups in total. The summed E-state index contributed by atoms with van der Waals surface area (Å²) in [6.45, 7) is 3.67. The number of sulfone groups is 1. The molecule has 0 atom stereocenters. The molecule has 0 aliphatic carbocycles. The Balaban J connectivity index is 1.78. The highest BCUT2D eigenvalue weighted by atomic mass is 32.2. The summed E-state index contributed by atoms with van der Waals surface area (Å²) in [6.07, 6.45) is -0.266. The average molecular weight is 415 g/mol. The molecule has 0 aliphatic heterocycles. The van der Waals surface area contributed by atoms with Crippen LogP contribution in [0.4, 0.5) is 5.69 Å². The standard InChI is InChI=1S/C21H21NO6S/c1-3-27-21(24)20-19(16-6-4-5-7-17(16)28-20)22-18(23)12-13-29(25,26)15-10-8-14(2)9-11-15/h4-11H,3,12-13H2,1-2H3,(H,22,23). The second kappa shape index (κ2) is 8.48. The van der Waals surface area contributed by atoms with Gasteiger partial charge in [-0.3, -0.25) is 4.79 Å². The molecular formula is C21H21NO6S. The van der Waals surface area contributed by atoms with E-state index < -0.39 is 21.7 Å². The van der Waals surface area contributed by atoms with Crippen LogP contribution in [0.15, 0.2) is 57.8 Å². The molecule has 0 saturated heterocycles. The van der Waals surface area contributed by atoms with Crippen molar-refractivity contribution in [2.24, 2.45) is 0 Å². The molecule has 152 valence electrons. The molecule has 3 aromatic rings. The van der Waals surface area contributed by atoms with E-state index in [4.69, 9.17) is 9.15 Å². The Morgan fingerprint density at radius 1 is 1.07 bits per heavy atom. The average Bonchev–Trinajstić information content (AvgIpc) is 3.06. The van der Waals surface area contributed by atoms with Gasteiger partial charge in [0, 0.05) is 11.8 Å². The Hall–Kier alpha value is -3.13. The largest absolute Gasteiger partial charge is 0.460 e. The van der Waals surface area contributed by atoms with E-state index in [1.807, 2.05) is 6.92 Å². The van der Waals surface area contributed by atoms with Crippen molar-refractivity contribution in [2.75, 3.05) is 17.7 Å². The lowest BCUT2D eigenvalue weighted by molar-refractivity contribution is -0.115. The molecule has 7 nitrogen and oxygen atoms in total. The van der Waals surface area contributed by atoms with Crippen LogP contribution in [0.1, 0.15) is 29.5 Å². The molecule has 1 heterocycles. The molecule has 2 aromatic carbocycles. The minimum atomic E-state index is -3.60. The van der Waals surface area contributed by atoms with Gasteiger partial charge in [-0.15, -0.1) is 0 Å². The summed E-state index contributed by atoms with van der Waals surface area (Å²) < 4.78 is 35.4. The SMILES string of the molecule is CCOC(=O)c1oc2ccccc2c1NC(=O)CCS(=O)(=O)c1ccc(C)cc1. The smallest absolute Gasteiger partial charge is 0.376 e. The van der Waals surface area contributed by atoms with Crippen molar-refractivity contribution in [3.63, 3.8) is 0 Å². The van der Waals surface area contributed by atoms with Gasteiger partial charge >= 0.3 is 5.97 Å². The maximum absolute atomic E-state index is 12.5. The summed E-state index contributed by atoms with van der Waals surface area (Å²) >= 11 is 0. The van der Waals surface area contributed by atoms with Crippen molar-refractivity contribution >= 4 is 38.4 Å². The lowest BCUT2D eigenvalue weighted by atomic mass is 10.2. The molecule has 0 spiro atoms. The third kappa shape index (κ3) is 4.65. The van der Waals surface area contributed by atoms with Crippen molar-refractivity contribution < 1.29 is 27.2 Å². The normalized spacial score (nSPS) is 11.4. The van der Waals surface area contributed by atoms with Gasteiger partial charge in [0.05, 0.1) is 17.3 Å². The van der Waals surface area contributed by atoms with Crippen molar-refractivity contribution in [3.05, 3.63) is 59.9 Å². The van der Waals surface area contributed by atoms with Gasteiger partial charge in [0.25, 0.3) is 0 Å². The minimum Gasteiger partial charge on any atom is -0.460 e. The number of para-hydroxylation sites is 1. The van der Waals surface area contributed by atoms with Gasteiger partial charge in [-0.2, -0.15) is 0 Å². The van der Waals surface area contributed by atoms with Gasteiger partial charge in [-0.1, -0.05) is 29.8 Å². The molecular weight excluding hydrogens is 394 g/mol. The maximum atomic E-state index is 12.5. The van der Waals surface area contributed by atoms with Crippen LogP contribution < -0.4 is 5.32 Å². The number of carbonyl (C=O) groups is 2. The van der Waals surface area contributed by atoms with E-state index in [1.165, 1.54) is 12.1 Å². The molecule has 0 unspecified atom stereocenters. The number of esters is 1. The molecule has 8 heteroatoms. The zero-order chi connectivity index (χ0) is 21.0. The second-order valence-corrected chi connectivity index (χ2v) is 8.56. The zero-order valence-electron chi connectivity index (χ0n) is 16.1. The predicted molar refractivity (Wildman–Crippen MR) is 109 cm³/mol. The molecule has 0 saturated carbocycles. The Kier molecular flexibility index (Phi) is 6.03. The number of anilines is 1. The van der Waals surface area contributed by atoms with Crippen LogP contribution in [-0.4, -0.2) is 32.7 Å². The molecule has 29 heavy (non-hydrogen) atoms. The first-order valence-corrected chi connectivity index (χ1v) is 10.7. The predicted octanol–water partition coefficient (Wildman–Crippen LogP) is 3.72. The highest BCUT2D eigenvalue weighted by Gasteiger charge is 2.24. The number of nitrogens with one attached hydrogen (secondary N) is 1. The van der Waals surface area contributed by atoms with Crippen LogP contribution in [0.3, 0.4) is 0 Å². The van der Waals surface area contributed by atoms with E-state index in [0.29, 0.717) is 11.0 Å². The van der Waals surface area contributed by atoms with Crippen molar-refractivity contribution in [1.82, 2.24) is 0 Å². The number of ether oxygens (including phenoxy) is 1. The minimum absolute atomic E-state index is 0.122. The number of hydrogen-bond acceptors (Lipinski definition) is 6. The number of fused-ring (bicyclic) bond motifs is 1. The van der Waals surface area contributed by atoms with Crippen LogP contribution >= 0.6 is 0 Å². The first-order chi connectivity index (χ1) is 13.8. The van der Waals surface area contributed by atoms with Crippen molar-refractivity contribution in [2.45, 2.75) is 25.2 Å². The first kappa shape index (κ1) is 20.6. The Morgan fingerprint density at radius 2 is 1.76 bits per heavy atom. The molecule has 0 bridgehead atoms. The van der Waals surface area contributed by atoms with Crippen molar-refractivity contribution in [1.29, 1.82) is 0 Å². The molecule has 0 fully saturated rings. The lowest BCUT2D eigenvalue weighted by Gasteiger charge is -2.07. The number of amides is 1. The van der Waals surface area contributed by atoms with Crippen LogP contribution in [-0.2, 0) is 19.4 Å². The summed E-state index contributed by atoms with van der Waals surface area (Å²) in [5.74, 6) is -1.72. The molecule has 1 amide bonds. The van der Waals surface area contributed by atoms with E-state index in [-0.39, 0.29) is 35.1 Å². The molecule has 0 aliphatic rings. The summed E-state index contributed by atoms with van der Waals surface area (Å²) in [5.41, 5.74) is 1.54. The number of aryl methyl sites for hydroxylation is 1. The van der Waals surface area contributed by atoms with Crippen LogP contribution in [0, 0.1) is 6.92 Å². The van der Waals surface area contributed by atoms with E-state index in [9.17, 15) is 18.0 Å². The zero-order valence-corrected chi connectivity index (χ0v) is 16.9. The monoisotopic (exact) mass is 415 g/mol. The van der Waals surface area contributed by atoms with Crippen LogP contribution in [0.2, 0.25) is 0 Å². The quantitative estimate of drug-likeness (QED) is 0.590. The third-order valence-electron chi connectivity index (χ3n) is 4.30. The summed E-state index contributed by atoms with van der Waals surface area (Å²) in [5, 5.41) is 3.14. The van der Waals surface area contributed by atoms with Crippen LogP contribution in [0.5, 0.6) is 0 Å². The maximum Gasteiger partial charge on any atom is 0.376 e. The summed E-state index contributed by atoms with van der Waals surface area (Å²) in [7, 11) is -3.60. The number of hydrogen-bond donors (Lipinski definition) is 1. The van der Waals surface area contributed by atoms with Gasteiger partial charge in [-0.25, -0.2) is 13.2 Å². The van der Waals surface area contributed by atoms with E-state index in [2.05, 4.69) is 5.32 Å². The second-order valence-electron chi connectivity index (χ2n) is 6.45. The number of rotatable bonds is 7. The topological polar surface area (TPSA) is 103 Å². The number of benzene rings is 2. The van der Waals surface area contributed by atoms with E-state index in [0.717, 1.165) is 5.56 Å². The van der Waals surface area contributed by atoms with Crippen LogP contribution in [0.25, 0.3) is 11.0 Å². The Bertz CT molecular complexity index is 1150. The highest BCUT2D eigenvalue weighted by molar-refractivity contribution is 7.91. The van der Waals surface area contributed by atoms with Gasteiger partial charge in [0.1, 0.15) is 11.3 Å². The Labute approximate surface area is 168 Å². The first-order valence-electron chi connectivity index (χ1n) is 9.09. The fraction of sp³-hybridized carbons (Fsp3) is 0.238. The molecule has 0 radical (unpaired) electrons. The lowest BCUT2D eigenvalue weighted by Crippen LogP contribution is -2.19. The van der Waals surface area contributed by atoms with Gasteiger partial charge in [0.15, 0.2) is 9.84 Å². The Morgan fingerprint density at radius 3 is 2.45 bits per heavy atom. The summed E-state index contributed by atoms with van der Waals surface area (Å²) in [6, 6.07) is 13.3. The number of carbonyl (C=O) groups excluding carboxylic acids is 2. The molecule has 3 rings (SSSR count). The summed E-state index contributed by atoms with van der Waals surface area (Å²) in [4.78, 5) is 24.8. The molecule has 1 aromatic heterocycles. The van der Waals surface area contributed by atoms with Gasteiger partial charge in [0.2, 0.25) is 11.7 Å². The highest BCUT2D eigenvalue weighted by Crippen LogP contribution is 2.31. The van der Waals surface area contributed by atoms with Crippen molar-refractivity contribution in [3.8, 4) is 0 Å². The third-order valence-corrected chi connectivity index (χ3v) is 6.03. The van der Waals surface area contributed by atoms with E-state index in [1.54, 1.807) is 43.3 Å². The fourth-order valence-electron chi connectivity index (χ4n) is 2.80. The van der Waals surface area contributed by atoms with E-state index >= 15 is 0 Å². The fourth-order valence-corrected chi connectivity index (χ4v) is 4.04. The number of furan rings is 1.